The number of methoxy groups -OCH3 is 5. The average Bonchev–Trinajstić information content (AvgIpc) is 3.24. The quantitative estimate of drug-likeness (QED) is 0.109. The largest absolute Gasteiger partial charge is 0.493 e. The predicted octanol–water partition coefficient (Wildman–Crippen LogP) is 8.37. The summed E-state index contributed by atoms with van der Waals surface area (Å²) in [7, 11) is 7.22. The molecule has 1 saturated carbocycles. The molecule has 278 valence electrons. The Morgan fingerprint density at radius 3 is 1.73 bits per heavy atom. The van der Waals surface area contributed by atoms with E-state index in [1.807, 2.05) is 72.8 Å². The maximum atomic E-state index is 15.6. The summed E-state index contributed by atoms with van der Waals surface area (Å²) in [6.07, 6.45) is -0.211. The van der Waals surface area contributed by atoms with E-state index in [9.17, 15) is 15.2 Å². The maximum Gasteiger partial charge on any atom is 0.327 e. The van der Waals surface area contributed by atoms with E-state index in [0.717, 1.165) is 21.5 Å². The van der Waals surface area contributed by atoms with Crippen LogP contribution in [0.3, 0.4) is 0 Å². The van der Waals surface area contributed by atoms with Crippen molar-refractivity contribution in [1.82, 2.24) is 0 Å². The molecule has 0 saturated heterocycles. The summed E-state index contributed by atoms with van der Waals surface area (Å²) < 4.78 is 28.1. The van der Waals surface area contributed by atoms with Crippen LogP contribution in [0.5, 0.6) is 23.0 Å². The molecule has 6 aromatic rings. The summed E-state index contributed by atoms with van der Waals surface area (Å²) >= 11 is 0. The standard InChI is InChI=1S/C46H41NO8/c1-51-37-20-17-32(24-39(37)53-3)36-26-46(50,35-19-16-29-11-7-9-13-31(29)23-35)42(43(48)34-15-14-28-10-6-8-12-30(28)22-34)41(45(36,27-47)44(49)55-5)33-18-21-38(52-2)40(25-33)54-4/h6-25,36,41-42,50H,26H2,1-5H3/t36-,41-,42-,45-,46-/m0/s1. The van der Waals surface area contributed by atoms with Gasteiger partial charge in [-0.3, -0.25) is 9.59 Å². The molecule has 0 aromatic heterocycles. The Morgan fingerprint density at radius 1 is 0.636 bits per heavy atom. The number of carbonyl (C=O) groups excluding carboxylic acids is 2. The first-order valence-corrected chi connectivity index (χ1v) is 17.9. The zero-order chi connectivity index (χ0) is 38.9. The zero-order valence-corrected chi connectivity index (χ0v) is 31.2. The topological polar surface area (TPSA) is 124 Å². The number of fused-ring (bicyclic) bond motifs is 2. The molecular weight excluding hydrogens is 695 g/mol. The van der Waals surface area contributed by atoms with Gasteiger partial charge in [-0.05, 0) is 81.1 Å². The molecule has 1 fully saturated rings. The van der Waals surface area contributed by atoms with Crippen LogP contribution < -0.4 is 18.9 Å². The highest BCUT2D eigenvalue weighted by Crippen LogP contribution is 2.64. The second kappa shape index (κ2) is 14.8. The van der Waals surface area contributed by atoms with E-state index in [0.29, 0.717) is 45.3 Å². The molecule has 0 unspecified atom stereocenters. The number of Topliss-reactive ketones (excluding diaryl/α,β-unsaturated/α-hetero) is 1. The second-order valence-corrected chi connectivity index (χ2v) is 13.8. The van der Waals surface area contributed by atoms with E-state index in [4.69, 9.17) is 23.7 Å². The van der Waals surface area contributed by atoms with Crippen LogP contribution in [0.25, 0.3) is 21.5 Å². The molecule has 1 aliphatic carbocycles. The fourth-order valence-electron chi connectivity index (χ4n) is 8.58. The van der Waals surface area contributed by atoms with Crippen LogP contribution in [0.15, 0.2) is 121 Å². The van der Waals surface area contributed by atoms with Crippen LogP contribution in [0.2, 0.25) is 0 Å². The van der Waals surface area contributed by atoms with Gasteiger partial charge in [0.1, 0.15) is 5.60 Å². The Balaban J connectivity index is 1.60. The molecule has 0 amide bonds. The van der Waals surface area contributed by atoms with Crippen molar-refractivity contribution in [3.8, 4) is 29.1 Å². The van der Waals surface area contributed by atoms with Crippen molar-refractivity contribution in [2.45, 2.75) is 23.9 Å². The molecule has 6 aromatic carbocycles. The molecule has 7 rings (SSSR count). The smallest absolute Gasteiger partial charge is 0.327 e. The van der Waals surface area contributed by atoms with Gasteiger partial charge in [0.25, 0.3) is 0 Å². The van der Waals surface area contributed by atoms with E-state index in [1.54, 1.807) is 48.5 Å². The first-order chi connectivity index (χ1) is 26.7. The average molecular weight is 736 g/mol. The van der Waals surface area contributed by atoms with Crippen molar-refractivity contribution in [2.24, 2.45) is 11.3 Å². The van der Waals surface area contributed by atoms with Crippen LogP contribution >= 0.6 is 0 Å². The minimum Gasteiger partial charge on any atom is -0.493 e. The molecule has 0 spiro atoms. The van der Waals surface area contributed by atoms with Crippen LogP contribution in [0.4, 0.5) is 0 Å². The number of ketones is 1. The Bertz CT molecular complexity index is 2470. The van der Waals surface area contributed by atoms with Crippen LogP contribution in [-0.4, -0.2) is 52.4 Å². The van der Waals surface area contributed by atoms with E-state index in [-0.39, 0.29) is 6.42 Å². The van der Waals surface area contributed by atoms with Crippen molar-refractivity contribution < 1.29 is 38.4 Å². The molecule has 0 bridgehead atoms. The van der Waals surface area contributed by atoms with Gasteiger partial charge in [-0.15, -0.1) is 0 Å². The van der Waals surface area contributed by atoms with E-state index >= 15 is 4.79 Å². The lowest BCUT2D eigenvalue weighted by Gasteiger charge is -2.54. The number of rotatable bonds is 10. The Kier molecular flexibility index (Phi) is 9.95. The highest BCUT2D eigenvalue weighted by Gasteiger charge is 2.67. The lowest BCUT2D eigenvalue weighted by Crippen LogP contribution is -2.59. The highest BCUT2D eigenvalue weighted by atomic mass is 16.5. The summed E-state index contributed by atoms with van der Waals surface area (Å²) in [4.78, 5) is 30.3. The third-order valence-electron chi connectivity index (χ3n) is 11.3. The summed E-state index contributed by atoms with van der Waals surface area (Å²) in [6.45, 7) is 0. The van der Waals surface area contributed by atoms with Gasteiger partial charge in [0, 0.05) is 17.4 Å². The summed E-state index contributed by atoms with van der Waals surface area (Å²) in [5.41, 5.74) is -2.36. The maximum absolute atomic E-state index is 15.6. The van der Waals surface area contributed by atoms with E-state index < -0.39 is 40.5 Å². The molecule has 0 heterocycles. The monoisotopic (exact) mass is 735 g/mol. The first kappa shape index (κ1) is 37.0. The molecular formula is C46H41NO8. The number of nitriles is 1. The SMILES string of the molecule is COC(=O)[C@@]1(C#N)[C@H](c2ccc(OC)c(OC)c2)C[C@](O)(c2ccc3ccccc3c2)[C@H](C(=O)c2ccc3ccccc3c2)[C@@H]1c1ccc(OC)c(OC)c1. The van der Waals surface area contributed by atoms with Crippen molar-refractivity contribution in [3.05, 3.63) is 144 Å². The van der Waals surface area contributed by atoms with Gasteiger partial charge >= 0.3 is 5.97 Å². The third kappa shape index (κ3) is 6.09. The number of ether oxygens (including phenoxy) is 5. The fourth-order valence-corrected chi connectivity index (χ4v) is 8.58. The Morgan fingerprint density at radius 2 is 1.16 bits per heavy atom. The van der Waals surface area contributed by atoms with Crippen LogP contribution in [0, 0.1) is 22.7 Å². The summed E-state index contributed by atoms with van der Waals surface area (Å²) in [6, 6.07) is 39.0. The van der Waals surface area contributed by atoms with Crippen molar-refractivity contribution in [3.63, 3.8) is 0 Å². The van der Waals surface area contributed by atoms with Crippen molar-refractivity contribution in [2.75, 3.05) is 35.5 Å². The summed E-state index contributed by atoms with van der Waals surface area (Å²) in [5.74, 6) is -3.52. The van der Waals surface area contributed by atoms with Gasteiger partial charge in [0.15, 0.2) is 34.2 Å². The number of hydrogen-bond acceptors (Lipinski definition) is 9. The molecule has 9 heteroatoms. The molecule has 0 radical (unpaired) electrons. The lowest BCUT2D eigenvalue weighted by atomic mass is 9.47. The lowest BCUT2D eigenvalue weighted by molar-refractivity contribution is -0.162. The zero-order valence-electron chi connectivity index (χ0n) is 31.2. The minimum absolute atomic E-state index is 0.211. The van der Waals surface area contributed by atoms with Gasteiger partial charge in [-0.1, -0.05) is 84.9 Å². The number of benzene rings is 6. The van der Waals surface area contributed by atoms with Gasteiger partial charge in [-0.2, -0.15) is 5.26 Å². The van der Waals surface area contributed by atoms with Gasteiger partial charge in [0.05, 0.1) is 47.5 Å². The third-order valence-corrected chi connectivity index (χ3v) is 11.3. The minimum atomic E-state index is -2.08. The first-order valence-electron chi connectivity index (χ1n) is 17.9. The van der Waals surface area contributed by atoms with Gasteiger partial charge in [-0.25, -0.2) is 0 Å². The van der Waals surface area contributed by atoms with Crippen molar-refractivity contribution >= 4 is 33.3 Å². The molecule has 1 N–H and O–H groups in total. The van der Waals surface area contributed by atoms with Crippen LogP contribution in [0.1, 0.15) is 45.3 Å². The van der Waals surface area contributed by atoms with E-state index in [1.165, 1.54) is 35.5 Å². The van der Waals surface area contributed by atoms with E-state index in [2.05, 4.69) is 6.07 Å². The molecule has 55 heavy (non-hydrogen) atoms. The second-order valence-electron chi connectivity index (χ2n) is 13.8. The Labute approximate surface area is 319 Å². The van der Waals surface area contributed by atoms with Gasteiger partial charge in [0.2, 0.25) is 0 Å². The highest BCUT2D eigenvalue weighted by molar-refractivity contribution is 6.03. The molecule has 0 aliphatic heterocycles. The van der Waals surface area contributed by atoms with Crippen LogP contribution in [-0.2, 0) is 15.1 Å². The molecule has 1 aliphatic rings. The van der Waals surface area contributed by atoms with Crippen molar-refractivity contribution in [1.29, 1.82) is 5.26 Å². The normalized spacial score (nSPS) is 22.0. The number of carbonyl (C=O) groups is 2. The molecule has 9 nitrogen and oxygen atoms in total. The number of hydrogen-bond donors (Lipinski definition) is 1. The number of esters is 1. The summed E-state index contributed by atoms with van der Waals surface area (Å²) in [5, 5.41) is 28.9. The fraction of sp³-hybridized carbons (Fsp3) is 0.239. The number of aliphatic hydroxyl groups is 1. The number of nitrogens with zero attached hydrogens (tertiary/aromatic N) is 1. The Hall–Kier alpha value is -6.37. The predicted molar refractivity (Wildman–Crippen MR) is 209 cm³/mol. The molecule has 5 atom stereocenters. The van der Waals surface area contributed by atoms with Gasteiger partial charge < -0.3 is 28.8 Å².